The van der Waals surface area contributed by atoms with E-state index in [1.165, 1.54) is 25.7 Å². The van der Waals surface area contributed by atoms with Crippen molar-refractivity contribution >= 4 is 36.0 Å². The molecule has 0 heterocycles. The summed E-state index contributed by atoms with van der Waals surface area (Å²) in [7, 11) is 0. The van der Waals surface area contributed by atoms with Gasteiger partial charge in [0, 0.05) is 26.2 Å². The molecule has 7 heteroatoms. The summed E-state index contributed by atoms with van der Waals surface area (Å²) in [6.45, 7) is 10.5. The van der Waals surface area contributed by atoms with Crippen LogP contribution in [0.15, 0.2) is 4.99 Å². The molecule has 2 fully saturated rings. The summed E-state index contributed by atoms with van der Waals surface area (Å²) in [6, 6.07) is 0. The second kappa shape index (κ2) is 10.4. The first-order chi connectivity index (χ1) is 11.4. The average molecular weight is 466 g/mol. The Hall–Kier alpha value is -0.730. The number of halogens is 1. The number of hydrogen-bond donors (Lipinski definition) is 3. The Labute approximate surface area is 169 Å². The van der Waals surface area contributed by atoms with Crippen molar-refractivity contribution < 1.29 is 9.53 Å². The number of carbonyl (C=O) groups excluding carboxylic acids is 1. The molecule has 2 saturated carbocycles. The second-order valence-corrected chi connectivity index (χ2v) is 7.91. The Kier molecular flexibility index (Phi) is 9.30. The van der Waals surface area contributed by atoms with Crippen LogP contribution in [0.4, 0.5) is 4.79 Å². The Morgan fingerprint density at radius 3 is 2.12 bits per heavy atom. The predicted molar refractivity (Wildman–Crippen MR) is 113 cm³/mol. The van der Waals surface area contributed by atoms with Crippen molar-refractivity contribution in [2.45, 2.75) is 59.0 Å². The zero-order valence-corrected chi connectivity index (χ0v) is 18.4. The minimum atomic E-state index is -0.464. The maximum atomic E-state index is 11.6. The predicted octanol–water partition coefficient (Wildman–Crippen LogP) is 3.12. The van der Waals surface area contributed by atoms with E-state index in [4.69, 9.17) is 9.73 Å². The van der Waals surface area contributed by atoms with Crippen LogP contribution < -0.4 is 16.0 Å². The standard InChI is InChI=1S/C18H34N4O2.HI/c1-5-19-16(20-10-11-21-17(23)24-18(2,3)4)22-12-15(13-6-7-13)14-8-9-14;/h13-15H,5-12H2,1-4H3,(H,21,23)(H2,19,20,22);1H. The van der Waals surface area contributed by atoms with E-state index in [0.29, 0.717) is 13.1 Å². The Morgan fingerprint density at radius 2 is 1.64 bits per heavy atom. The van der Waals surface area contributed by atoms with Gasteiger partial charge in [-0.15, -0.1) is 24.0 Å². The molecule has 2 rings (SSSR count). The molecule has 1 amide bonds. The van der Waals surface area contributed by atoms with E-state index in [1.54, 1.807) is 0 Å². The SMILES string of the molecule is CCNC(=NCC(C1CC1)C1CC1)NCCNC(=O)OC(C)(C)C.I. The molecule has 0 unspecified atom stereocenters. The normalized spacial score (nSPS) is 17.7. The molecule has 2 aliphatic carbocycles. The molecule has 0 spiro atoms. The van der Waals surface area contributed by atoms with Crippen LogP contribution in [0, 0.1) is 17.8 Å². The average Bonchev–Trinajstić information content (AvgIpc) is 3.35. The van der Waals surface area contributed by atoms with Crippen LogP contribution in [-0.4, -0.2) is 43.8 Å². The molecule has 0 aliphatic heterocycles. The van der Waals surface area contributed by atoms with Crippen molar-refractivity contribution in [3.63, 3.8) is 0 Å². The van der Waals surface area contributed by atoms with Crippen LogP contribution in [0.3, 0.4) is 0 Å². The Morgan fingerprint density at radius 1 is 1.08 bits per heavy atom. The minimum Gasteiger partial charge on any atom is -0.444 e. The Bertz CT molecular complexity index is 431. The molecule has 0 radical (unpaired) electrons. The molecule has 0 aromatic carbocycles. The van der Waals surface area contributed by atoms with Gasteiger partial charge in [0.1, 0.15) is 5.60 Å². The summed E-state index contributed by atoms with van der Waals surface area (Å²) < 4.78 is 5.21. The van der Waals surface area contributed by atoms with E-state index in [2.05, 4.69) is 22.9 Å². The number of nitrogens with one attached hydrogen (secondary N) is 3. The van der Waals surface area contributed by atoms with Gasteiger partial charge in [-0.3, -0.25) is 4.99 Å². The van der Waals surface area contributed by atoms with Gasteiger partial charge in [0.25, 0.3) is 0 Å². The quantitative estimate of drug-likeness (QED) is 0.223. The van der Waals surface area contributed by atoms with E-state index >= 15 is 0 Å². The summed E-state index contributed by atoms with van der Waals surface area (Å²) in [5, 5.41) is 9.31. The molecule has 6 nitrogen and oxygen atoms in total. The third kappa shape index (κ3) is 9.51. The lowest BCUT2D eigenvalue weighted by Gasteiger charge is -2.20. The van der Waals surface area contributed by atoms with Gasteiger partial charge in [-0.2, -0.15) is 0 Å². The lowest BCUT2D eigenvalue weighted by Crippen LogP contribution is -2.42. The van der Waals surface area contributed by atoms with Crippen molar-refractivity contribution in [1.82, 2.24) is 16.0 Å². The summed E-state index contributed by atoms with van der Waals surface area (Å²) >= 11 is 0. The van der Waals surface area contributed by atoms with Crippen LogP contribution in [0.25, 0.3) is 0 Å². The molecule has 25 heavy (non-hydrogen) atoms. The third-order valence-corrected chi connectivity index (χ3v) is 4.35. The maximum absolute atomic E-state index is 11.6. The second-order valence-electron chi connectivity index (χ2n) is 7.91. The zero-order chi connectivity index (χ0) is 17.6. The summed E-state index contributed by atoms with van der Waals surface area (Å²) in [6.07, 6.45) is 5.18. The minimum absolute atomic E-state index is 0. The van der Waals surface area contributed by atoms with Gasteiger partial charge in [-0.25, -0.2) is 4.79 Å². The van der Waals surface area contributed by atoms with Crippen molar-refractivity contribution in [1.29, 1.82) is 0 Å². The fraction of sp³-hybridized carbons (Fsp3) is 0.889. The third-order valence-electron chi connectivity index (χ3n) is 4.35. The van der Waals surface area contributed by atoms with E-state index in [-0.39, 0.29) is 30.1 Å². The molecular formula is C18H35IN4O2. The van der Waals surface area contributed by atoms with Gasteiger partial charge in [0.2, 0.25) is 0 Å². The molecule has 3 N–H and O–H groups in total. The molecule has 0 atom stereocenters. The van der Waals surface area contributed by atoms with Gasteiger partial charge >= 0.3 is 6.09 Å². The molecule has 146 valence electrons. The summed E-state index contributed by atoms with van der Waals surface area (Å²) in [4.78, 5) is 16.4. The highest BCUT2D eigenvalue weighted by Gasteiger charge is 2.41. The highest BCUT2D eigenvalue weighted by Crippen LogP contribution is 2.49. The molecule has 0 bridgehead atoms. The number of alkyl carbamates (subject to hydrolysis) is 1. The van der Waals surface area contributed by atoms with Crippen molar-refractivity contribution in [2.75, 3.05) is 26.2 Å². The van der Waals surface area contributed by atoms with Crippen LogP contribution in [0.5, 0.6) is 0 Å². The first-order valence-electron chi connectivity index (χ1n) is 9.38. The van der Waals surface area contributed by atoms with Gasteiger partial charge in [-0.1, -0.05) is 0 Å². The number of ether oxygens (including phenoxy) is 1. The number of carbonyl (C=O) groups is 1. The smallest absolute Gasteiger partial charge is 0.407 e. The van der Waals surface area contributed by atoms with E-state index in [9.17, 15) is 4.79 Å². The van der Waals surface area contributed by atoms with Gasteiger partial charge in [-0.05, 0) is 71.1 Å². The number of amides is 1. The monoisotopic (exact) mass is 466 g/mol. The van der Waals surface area contributed by atoms with Crippen LogP contribution in [0.2, 0.25) is 0 Å². The van der Waals surface area contributed by atoms with Crippen molar-refractivity contribution in [2.24, 2.45) is 22.7 Å². The fourth-order valence-electron chi connectivity index (χ4n) is 2.93. The number of rotatable bonds is 8. The molecule has 0 saturated heterocycles. The Balaban J connectivity index is 0.00000312. The van der Waals surface area contributed by atoms with Gasteiger partial charge < -0.3 is 20.7 Å². The number of hydrogen-bond acceptors (Lipinski definition) is 3. The van der Waals surface area contributed by atoms with Gasteiger partial charge in [0.05, 0.1) is 0 Å². The van der Waals surface area contributed by atoms with Crippen molar-refractivity contribution in [3.8, 4) is 0 Å². The van der Waals surface area contributed by atoms with E-state index in [0.717, 1.165) is 36.8 Å². The van der Waals surface area contributed by atoms with Crippen LogP contribution in [-0.2, 0) is 4.74 Å². The fourth-order valence-corrected chi connectivity index (χ4v) is 2.93. The molecule has 0 aromatic heterocycles. The molecule has 2 aliphatic rings. The molecule has 0 aromatic rings. The first kappa shape index (κ1) is 22.3. The lowest BCUT2D eigenvalue weighted by molar-refractivity contribution is 0.0529. The lowest BCUT2D eigenvalue weighted by atomic mass is 9.98. The summed E-state index contributed by atoms with van der Waals surface area (Å²) in [5.41, 5.74) is -0.464. The first-order valence-corrected chi connectivity index (χ1v) is 9.38. The number of aliphatic imine (C=N–C) groups is 1. The highest BCUT2D eigenvalue weighted by atomic mass is 127. The maximum Gasteiger partial charge on any atom is 0.407 e. The van der Waals surface area contributed by atoms with E-state index in [1.807, 2.05) is 20.8 Å². The van der Waals surface area contributed by atoms with Crippen LogP contribution in [0.1, 0.15) is 53.4 Å². The van der Waals surface area contributed by atoms with Gasteiger partial charge in [0.15, 0.2) is 5.96 Å². The summed E-state index contributed by atoms with van der Waals surface area (Å²) in [5.74, 6) is 3.45. The zero-order valence-electron chi connectivity index (χ0n) is 16.1. The number of nitrogens with zero attached hydrogens (tertiary/aromatic N) is 1. The number of guanidine groups is 1. The van der Waals surface area contributed by atoms with Crippen LogP contribution >= 0.6 is 24.0 Å². The molecular weight excluding hydrogens is 431 g/mol. The largest absolute Gasteiger partial charge is 0.444 e. The highest BCUT2D eigenvalue weighted by molar-refractivity contribution is 14.0. The van der Waals surface area contributed by atoms with E-state index < -0.39 is 5.60 Å². The topological polar surface area (TPSA) is 74.8 Å². The van der Waals surface area contributed by atoms with Crippen molar-refractivity contribution in [3.05, 3.63) is 0 Å².